The molecule has 4 atom stereocenters. The highest BCUT2D eigenvalue weighted by Gasteiger charge is 2.48. The van der Waals surface area contributed by atoms with E-state index in [9.17, 15) is 10.2 Å². The molecule has 2 aliphatic rings. The van der Waals surface area contributed by atoms with Crippen LogP contribution < -0.4 is 0 Å². The number of unbranched alkanes of at least 4 members (excludes halogenated alkanes) is 1. The summed E-state index contributed by atoms with van der Waals surface area (Å²) in [5, 5.41) is 20.4. The lowest BCUT2D eigenvalue weighted by Gasteiger charge is -2.41. The summed E-state index contributed by atoms with van der Waals surface area (Å²) in [6, 6.07) is 0. The minimum atomic E-state index is -0.593. The van der Waals surface area contributed by atoms with Gasteiger partial charge in [0.1, 0.15) is 0 Å². The first-order valence-corrected chi connectivity index (χ1v) is 8.44. The maximum absolute atomic E-state index is 10.7. The van der Waals surface area contributed by atoms with E-state index in [0.717, 1.165) is 31.6 Å². The molecule has 2 aliphatic carbocycles. The van der Waals surface area contributed by atoms with Gasteiger partial charge in [0.2, 0.25) is 0 Å². The smallest absolute Gasteiger partial charge is 0.0855 e. The quantitative estimate of drug-likeness (QED) is 0.569. The predicted octanol–water partition coefficient (Wildman–Crippen LogP) is 4.06. The van der Waals surface area contributed by atoms with Crippen LogP contribution >= 0.6 is 0 Å². The highest BCUT2D eigenvalue weighted by atomic mass is 16.3. The largest absolute Gasteiger partial charge is 0.390 e. The molecule has 0 radical (unpaired) electrons. The van der Waals surface area contributed by atoms with Gasteiger partial charge >= 0.3 is 0 Å². The Morgan fingerprint density at radius 2 is 2.00 bits per heavy atom. The minimum Gasteiger partial charge on any atom is -0.390 e. The fourth-order valence-electron chi connectivity index (χ4n) is 4.59. The molecule has 2 heteroatoms. The summed E-state index contributed by atoms with van der Waals surface area (Å²) >= 11 is 0. The first-order valence-electron chi connectivity index (χ1n) is 8.44. The Bertz CT molecular complexity index is 331. The van der Waals surface area contributed by atoms with Crippen LogP contribution in [0, 0.1) is 17.8 Å². The van der Waals surface area contributed by atoms with Crippen LogP contribution in [0.3, 0.4) is 0 Å². The van der Waals surface area contributed by atoms with Crippen molar-refractivity contribution in [2.45, 2.75) is 82.8 Å². The van der Waals surface area contributed by atoms with E-state index in [1.807, 2.05) is 13.8 Å². The topological polar surface area (TPSA) is 40.5 Å². The van der Waals surface area contributed by atoms with E-state index in [0.29, 0.717) is 11.8 Å². The van der Waals surface area contributed by atoms with Gasteiger partial charge in [0.05, 0.1) is 11.2 Å². The molecular formula is C18H32O2. The summed E-state index contributed by atoms with van der Waals surface area (Å²) in [6.45, 7) is 7.65. The molecule has 0 heterocycles. The maximum Gasteiger partial charge on any atom is 0.0855 e. The molecule has 4 unspecified atom stereocenters. The van der Waals surface area contributed by atoms with Gasteiger partial charge in [-0.05, 0) is 70.1 Å². The molecule has 20 heavy (non-hydrogen) atoms. The summed E-state index contributed by atoms with van der Waals surface area (Å²) in [6.07, 6.45) is 12.1. The molecule has 0 aromatic heterocycles. The molecule has 2 rings (SSSR count). The Hall–Kier alpha value is -0.340. The Labute approximate surface area is 124 Å². The number of hydrogen-bond acceptors (Lipinski definition) is 2. The lowest BCUT2D eigenvalue weighted by atomic mass is 9.68. The van der Waals surface area contributed by atoms with Gasteiger partial charge in [-0.1, -0.05) is 25.3 Å². The van der Waals surface area contributed by atoms with E-state index in [2.05, 4.69) is 6.58 Å². The average molecular weight is 280 g/mol. The molecule has 0 aromatic rings. The van der Waals surface area contributed by atoms with E-state index in [4.69, 9.17) is 0 Å². The van der Waals surface area contributed by atoms with E-state index in [-0.39, 0.29) is 0 Å². The van der Waals surface area contributed by atoms with Crippen LogP contribution in [0.4, 0.5) is 0 Å². The van der Waals surface area contributed by atoms with E-state index in [1.165, 1.54) is 32.1 Å². The SMILES string of the molecule is C=CC1(O)CCCC2C(CCCCC(C)(C)O)CCC21. The maximum atomic E-state index is 10.7. The standard InChI is InChI=1S/C18H32O2/c1-4-18(20)13-7-9-15-14(10-11-16(15)18)8-5-6-12-17(2,3)19/h4,14-16,19-20H,1,5-13H2,2-3H3. The van der Waals surface area contributed by atoms with Gasteiger partial charge in [-0.15, -0.1) is 6.58 Å². The number of fused-ring (bicyclic) bond motifs is 1. The van der Waals surface area contributed by atoms with Gasteiger partial charge in [0.15, 0.2) is 0 Å². The van der Waals surface area contributed by atoms with Crippen molar-refractivity contribution in [3.63, 3.8) is 0 Å². The third-order valence-electron chi connectivity index (χ3n) is 5.69. The molecule has 2 saturated carbocycles. The molecule has 0 aromatic carbocycles. The van der Waals surface area contributed by atoms with Gasteiger partial charge in [-0.2, -0.15) is 0 Å². The number of aliphatic hydroxyl groups is 2. The van der Waals surface area contributed by atoms with Gasteiger partial charge in [-0.3, -0.25) is 0 Å². The summed E-state index contributed by atoms with van der Waals surface area (Å²) in [7, 11) is 0. The zero-order valence-corrected chi connectivity index (χ0v) is 13.3. The number of rotatable bonds is 6. The molecule has 116 valence electrons. The highest BCUT2D eigenvalue weighted by molar-refractivity contribution is 5.08. The van der Waals surface area contributed by atoms with Crippen molar-refractivity contribution in [1.29, 1.82) is 0 Å². The van der Waals surface area contributed by atoms with Crippen molar-refractivity contribution < 1.29 is 10.2 Å². The fraction of sp³-hybridized carbons (Fsp3) is 0.889. The van der Waals surface area contributed by atoms with Gasteiger partial charge < -0.3 is 10.2 Å². The molecule has 0 bridgehead atoms. The van der Waals surface area contributed by atoms with Crippen LogP contribution in [0.5, 0.6) is 0 Å². The van der Waals surface area contributed by atoms with Crippen molar-refractivity contribution in [3.05, 3.63) is 12.7 Å². The number of hydrogen-bond donors (Lipinski definition) is 2. The van der Waals surface area contributed by atoms with Crippen molar-refractivity contribution in [3.8, 4) is 0 Å². The molecule has 0 amide bonds. The van der Waals surface area contributed by atoms with Crippen molar-refractivity contribution in [2.24, 2.45) is 17.8 Å². The van der Waals surface area contributed by atoms with Crippen LogP contribution in [0.2, 0.25) is 0 Å². The third kappa shape index (κ3) is 3.65. The molecule has 2 nitrogen and oxygen atoms in total. The highest BCUT2D eigenvalue weighted by Crippen LogP contribution is 2.52. The van der Waals surface area contributed by atoms with Gasteiger partial charge in [0, 0.05) is 0 Å². The van der Waals surface area contributed by atoms with Crippen molar-refractivity contribution >= 4 is 0 Å². The van der Waals surface area contributed by atoms with E-state index in [1.54, 1.807) is 6.08 Å². The molecule has 0 saturated heterocycles. The van der Waals surface area contributed by atoms with Crippen LogP contribution in [-0.4, -0.2) is 21.4 Å². The van der Waals surface area contributed by atoms with Gasteiger partial charge in [-0.25, -0.2) is 0 Å². The minimum absolute atomic E-state index is 0.452. The van der Waals surface area contributed by atoms with Crippen LogP contribution in [0.15, 0.2) is 12.7 Å². The zero-order chi connectivity index (χ0) is 14.8. The average Bonchev–Trinajstić information content (AvgIpc) is 2.79. The Kier molecular flexibility index (Phi) is 4.96. The second-order valence-electron chi connectivity index (χ2n) is 7.75. The Balaban J connectivity index is 1.82. The summed E-state index contributed by atoms with van der Waals surface area (Å²) in [5.74, 6) is 1.94. The lowest BCUT2D eigenvalue weighted by Crippen LogP contribution is -2.42. The molecule has 2 fully saturated rings. The molecular weight excluding hydrogens is 248 g/mol. The van der Waals surface area contributed by atoms with E-state index < -0.39 is 11.2 Å². The second-order valence-corrected chi connectivity index (χ2v) is 7.75. The first kappa shape index (κ1) is 16.0. The summed E-state index contributed by atoms with van der Waals surface area (Å²) in [5.41, 5.74) is -1.11. The normalized spacial score (nSPS) is 37.7. The zero-order valence-electron chi connectivity index (χ0n) is 13.3. The molecule has 0 spiro atoms. The predicted molar refractivity (Wildman–Crippen MR) is 83.5 cm³/mol. The molecule has 2 N–H and O–H groups in total. The van der Waals surface area contributed by atoms with Crippen molar-refractivity contribution in [1.82, 2.24) is 0 Å². The van der Waals surface area contributed by atoms with Crippen LogP contribution in [-0.2, 0) is 0 Å². The lowest BCUT2D eigenvalue weighted by molar-refractivity contribution is -0.0297. The third-order valence-corrected chi connectivity index (χ3v) is 5.69. The van der Waals surface area contributed by atoms with Crippen molar-refractivity contribution in [2.75, 3.05) is 0 Å². The van der Waals surface area contributed by atoms with E-state index >= 15 is 0 Å². The first-order chi connectivity index (χ1) is 9.36. The summed E-state index contributed by atoms with van der Waals surface area (Å²) < 4.78 is 0. The molecule has 0 aliphatic heterocycles. The Morgan fingerprint density at radius 3 is 2.65 bits per heavy atom. The fourth-order valence-corrected chi connectivity index (χ4v) is 4.59. The summed E-state index contributed by atoms with van der Waals surface area (Å²) in [4.78, 5) is 0. The second kappa shape index (κ2) is 6.19. The Morgan fingerprint density at radius 1 is 1.25 bits per heavy atom. The van der Waals surface area contributed by atoms with Crippen LogP contribution in [0.25, 0.3) is 0 Å². The van der Waals surface area contributed by atoms with Gasteiger partial charge in [0.25, 0.3) is 0 Å². The monoisotopic (exact) mass is 280 g/mol. The van der Waals surface area contributed by atoms with Crippen LogP contribution in [0.1, 0.15) is 71.6 Å².